The third-order valence-electron chi connectivity index (χ3n) is 2.72. The summed E-state index contributed by atoms with van der Waals surface area (Å²) in [4.78, 5) is 23.2. The van der Waals surface area contributed by atoms with E-state index in [1.54, 1.807) is 42.5 Å². The lowest BCUT2D eigenvalue weighted by Gasteiger charge is -2.06. The second kappa shape index (κ2) is 6.38. The van der Waals surface area contributed by atoms with E-state index in [1.165, 1.54) is 18.2 Å². The predicted octanol–water partition coefficient (Wildman–Crippen LogP) is 2.25. The van der Waals surface area contributed by atoms with Gasteiger partial charge in [0, 0.05) is 5.56 Å². The third-order valence-corrected chi connectivity index (χ3v) is 2.72. The Kier molecular flexibility index (Phi) is 4.36. The van der Waals surface area contributed by atoms with E-state index in [4.69, 9.17) is 5.11 Å². The molecular weight excluding hydrogens is 270 g/mol. The van der Waals surface area contributed by atoms with E-state index in [0.717, 1.165) is 0 Å². The van der Waals surface area contributed by atoms with Crippen molar-refractivity contribution < 1.29 is 19.8 Å². The van der Waals surface area contributed by atoms with Crippen molar-refractivity contribution in [2.75, 3.05) is 0 Å². The number of carbonyl (C=O) groups excluding carboxylic acids is 1. The minimum atomic E-state index is -1.24. The number of carbonyl (C=O) groups is 2. The first kappa shape index (κ1) is 14.3. The number of phenols is 1. The van der Waals surface area contributed by atoms with Crippen molar-refractivity contribution in [3.05, 3.63) is 71.4 Å². The van der Waals surface area contributed by atoms with Crippen molar-refractivity contribution in [3.8, 4) is 5.75 Å². The molecule has 0 spiro atoms. The van der Waals surface area contributed by atoms with Gasteiger partial charge in [-0.25, -0.2) is 4.79 Å². The van der Waals surface area contributed by atoms with Crippen molar-refractivity contribution in [3.63, 3.8) is 0 Å². The smallest absolute Gasteiger partial charge is 0.352 e. The molecule has 0 saturated heterocycles. The number of nitrogens with one attached hydrogen (secondary N) is 1. The summed E-state index contributed by atoms with van der Waals surface area (Å²) in [5.74, 6) is -1.66. The first-order chi connectivity index (χ1) is 10.1. The van der Waals surface area contributed by atoms with Crippen molar-refractivity contribution in [1.82, 2.24) is 5.32 Å². The molecular formula is C16H13NO4. The van der Waals surface area contributed by atoms with Gasteiger partial charge in [-0.2, -0.15) is 0 Å². The van der Waals surface area contributed by atoms with Crippen LogP contribution in [0.5, 0.6) is 5.75 Å². The summed E-state index contributed by atoms with van der Waals surface area (Å²) >= 11 is 0. The number of aliphatic carboxylic acids is 1. The topological polar surface area (TPSA) is 86.6 Å². The fourth-order valence-electron chi connectivity index (χ4n) is 1.67. The molecule has 0 radical (unpaired) electrons. The van der Waals surface area contributed by atoms with Crippen LogP contribution < -0.4 is 5.32 Å². The fraction of sp³-hybridized carbons (Fsp3) is 0. The highest BCUT2D eigenvalue weighted by atomic mass is 16.4. The Labute approximate surface area is 121 Å². The predicted molar refractivity (Wildman–Crippen MR) is 77.6 cm³/mol. The molecule has 0 aliphatic rings. The molecule has 2 rings (SSSR count). The second-order valence-corrected chi connectivity index (χ2v) is 4.27. The Morgan fingerprint density at radius 2 is 1.57 bits per heavy atom. The zero-order valence-corrected chi connectivity index (χ0v) is 11.0. The number of carboxylic acids is 1. The number of hydrogen-bond acceptors (Lipinski definition) is 3. The highest BCUT2D eigenvalue weighted by Gasteiger charge is 2.12. The van der Waals surface area contributed by atoms with E-state index >= 15 is 0 Å². The normalized spacial score (nSPS) is 11.0. The maximum atomic E-state index is 11.9. The lowest BCUT2D eigenvalue weighted by molar-refractivity contribution is -0.132. The van der Waals surface area contributed by atoms with Crippen LogP contribution in [0.15, 0.2) is 60.3 Å². The van der Waals surface area contributed by atoms with Gasteiger partial charge < -0.3 is 15.5 Å². The maximum absolute atomic E-state index is 11.9. The summed E-state index contributed by atoms with van der Waals surface area (Å²) in [6, 6.07) is 14.3. The molecule has 0 aliphatic carbocycles. The molecule has 21 heavy (non-hydrogen) atoms. The summed E-state index contributed by atoms with van der Waals surface area (Å²) in [7, 11) is 0. The molecule has 3 N–H and O–H groups in total. The number of amides is 1. The van der Waals surface area contributed by atoms with Crippen LogP contribution in [0.2, 0.25) is 0 Å². The summed E-state index contributed by atoms with van der Waals surface area (Å²) in [5.41, 5.74) is 0.684. The van der Waals surface area contributed by atoms with Gasteiger partial charge in [-0.1, -0.05) is 30.3 Å². The molecule has 5 nitrogen and oxygen atoms in total. The van der Waals surface area contributed by atoms with Crippen molar-refractivity contribution in [2.24, 2.45) is 0 Å². The number of aromatic hydroxyl groups is 1. The number of rotatable bonds is 4. The van der Waals surface area contributed by atoms with E-state index < -0.39 is 11.9 Å². The van der Waals surface area contributed by atoms with Gasteiger partial charge in [0.15, 0.2) is 0 Å². The van der Waals surface area contributed by atoms with Gasteiger partial charge >= 0.3 is 5.97 Å². The van der Waals surface area contributed by atoms with Crippen LogP contribution >= 0.6 is 0 Å². The molecule has 0 atom stereocenters. The SMILES string of the molecule is O=C(O)/C(=C\c1ccc(O)cc1)NC(=O)c1ccccc1. The summed E-state index contributed by atoms with van der Waals surface area (Å²) in [6.45, 7) is 0. The van der Waals surface area contributed by atoms with Gasteiger partial charge in [0.05, 0.1) is 0 Å². The largest absolute Gasteiger partial charge is 0.508 e. The minimum Gasteiger partial charge on any atom is -0.508 e. The zero-order valence-electron chi connectivity index (χ0n) is 11.0. The Hall–Kier alpha value is -3.08. The van der Waals surface area contributed by atoms with Crippen LogP contribution in [0, 0.1) is 0 Å². The molecule has 2 aromatic rings. The van der Waals surface area contributed by atoms with Crippen molar-refractivity contribution >= 4 is 18.0 Å². The summed E-state index contributed by atoms with van der Waals surface area (Å²) in [6.07, 6.45) is 1.32. The summed E-state index contributed by atoms with van der Waals surface area (Å²) in [5, 5.41) is 20.7. The highest BCUT2D eigenvalue weighted by Crippen LogP contribution is 2.12. The lowest BCUT2D eigenvalue weighted by Crippen LogP contribution is -2.27. The molecule has 5 heteroatoms. The van der Waals surface area contributed by atoms with Crippen LogP contribution in [0.25, 0.3) is 6.08 Å². The van der Waals surface area contributed by atoms with Crippen LogP contribution in [0.4, 0.5) is 0 Å². The van der Waals surface area contributed by atoms with Crippen LogP contribution in [0.3, 0.4) is 0 Å². The maximum Gasteiger partial charge on any atom is 0.352 e. The van der Waals surface area contributed by atoms with Crippen molar-refractivity contribution in [1.29, 1.82) is 0 Å². The molecule has 0 fully saturated rings. The minimum absolute atomic E-state index is 0.0809. The summed E-state index contributed by atoms with van der Waals surface area (Å²) < 4.78 is 0. The third kappa shape index (κ3) is 3.94. The molecule has 0 aromatic heterocycles. The average Bonchev–Trinajstić information content (AvgIpc) is 2.49. The first-order valence-corrected chi connectivity index (χ1v) is 6.16. The molecule has 106 valence electrons. The van der Waals surface area contributed by atoms with Gasteiger partial charge in [-0.15, -0.1) is 0 Å². The molecule has 0 unspecified atom stereocenters. The molecule has 0 aliphatic heterocycles. The molecule has 0 saturated carbocycles. The van der Waals surface area contributed by atoms with Gasteiger partial charge in [0.2, 0.25) is 0 Å². The van der Waals surface area contributed by atoms with Gasteiger partial charge in [0.25, 0.3) is 5.91 Å². The monoisotopic (exact) mass is 283 g/mol. The van der Waals surface area contributed by atoms with Gasteiger partial charge in [-0.05, 0) is 35.9 Å². The van der Waals surface area contributed by atoms with Crippen LogP contribution in [-0.2, 0) is 4.79 Å². The van der Waals surface area contributed by atoms with E-state index in [9.17, 15) is 14.7 Å². The Balaban J connectivity index is 2.22. The molecule has 2 aromatic carbocycles. The van der Waals surface area contributed by atoms with E-state index in [2.05, 4.69) is 5.32 Å². The van der Waals surface area contributed by atoms with Crippen molar-refractivity contribution in [2.45, 2.75) is 0 Å². The molecule has 0 heterocycles. The molecule has 1 amide bonds. The van der Waals surface area contributed by atoms with E-state index in [0.29, 0.717) is 11.1 Å². The van der Waals surface area contributed by atoms with Crippen LogP contribution in [0.1, 0.15) is 15.9 Å². The fourth-order valence-corrected chi connectivity index (χ4v) is 1.67. The van der Waals surface area contributed by atoms with Gasteiger partial charge in [0.1, 0.15) is 11.4 Å². The standard InChI is InChI=1S/C16H13NO4/c18-13-8-6-11(7-9-13)10-14(16(20)21)17-15(19)12-4-2-1-3-5-12/h1-10,18H,(H,17,19)(H,20,21)/b14-10+. The quantitative estimate of drug-likeness (QED) is 0.751. The highest BCUT2D eigenvalue weighted by molar-refractivity contribution is 6.02. The number of phenolic OH excluding ortho intramolecular Hbond substituents is 1. The lowest BCUT2D eigenvalue weighted by atomic mass is 10.1. The Morgan fingerprint density at radius 3 is 2.14 bits per heavy atom. The average molecular weight is 283 g/mol. The number of carboxylic acid groups (broad SMARTS) is 1. The second-order valence-electron chi connectivity index (χ2n) is 4.27. The first-order valence-electron chi connectivity index (χ1n) is 6.16. The van der Waals surface area contributed by atoms with Gasteiger partial charge in [-0.3, -0.25) is 4.79 Å². The van der Waals surface area contributed by atoms with E-state index in [-0.39, 0.29) is 11.4 Å². The van der Waals surface area contributed by atoms with Crippen LogP contribution in [-0.4, -0.2) is 22.1 Å². The Bertz CT molecular complexity index is 675. The zero-order chi connectivity index (χ0) is 15.2. The number of hydrogen-bond donors (Lipinski definition) is 3. The number of benzene rings is 2. The Morgan fingerprint density at radius 1 is 0.952 bits per heavy atom. The molecule has 0 bridgehead atoms. The van der Waals surface area contributed by atoms with E-state index in [1.807, 2.05) is 0 Å².